The molecule has 0 aliphatic rings. The lowest BCUT2D eigenvalue weighted by atomic mass is 10.2. The van der Waals surface area contributed by atoms with Crippen molar-refractivity contribution in [3.8, 4) is 0 Å². The van der Waals surface area contributed by atoms with Gasteiger partial charge in [-0.3, -0.25) is 4.79 Å². The van der Waals surface area contributed by atoms with Crippen molar-refractivity contribution in [3.05, 3.63) is 29.6 Å². The van der Waals surface area contributed by atoms with Crippen molar-refractivity contribution in [2.75, 3.05) is 0 Å². The largest absolute Gasteiger partial charge is 0.276 e. The first-order chi connectivity index (χ1) is 7.74. The van der Waals surface area contributed by atoms with Crippen molar-refractivity contribution < 1.29 is 17.6 Å². The molecule has 0 fully saturated rings. The number of nitrogens with one attached hydrogen (secondary N) is 1. The van der Waals surface area contributed by atoms with Crippen molar-refractivity contribution in [1.29, 1.82) is 0 Å². The molecule has 0 amide bonds. The van der Waals surface area contributed by atoms with E-state index in [2.05, 4.69) is 4.72 Å². The Balaban J connectivity index is 3.30. The zero-order chi connectivity index (χ0) is 13.2. The topological polar surface area (TPSA) is 63.2 Å². The fraction of sp³-hybridized carbons (Fsp3) is 0.300. The molecule has 1 N–H and O–H groups in total. The molecule has 4 nitrogen and oxygen atoms in total. The average Bonchev–Trinajstić information content (AvgIpc) is 2.15. The quantitative estimate of drug-likeness (QED) is 0.856. The standard InChI is InChI=1S/C10H11ClFNO3S/c1-6(2)13-17(15,16)9-5-7(10(11)14)3-4-8(9)12/h3-6,13H,1-2H3. The summed E-state index contributed by atoms with van der Waals surface area (Å²) < 4.78 is 39.1. The molecule has 0 unspecified atom stereocenters. The van der Waals surface area contributed by atoms with Crippen LogP contribution in [0, 0.1) is 5.82 Å². The Hall–Kier alpha value is -0.980. The summed E-state index contributed by atoms with van der Waals surface area (Å²) in [5.41, 5.74) is -0.0720. The average molecular weight is 280 g/mol. The van der Waals surface area contributed by atoms with Crippen molar-refractivity contribution in [2.24, 2.45) is 0 Å². The number of carbonyl (C=O) groups excluding carboxylic acids is 1. The number of rotatable bonds is 4. The van der Waals surface area contributed by atoms with Crippen molar-refractivity contribution in [1.82, 2.24) is 4.72 Å². The van der Waals surface area contributed by atoms with Gasteiger partial charge in [-0.05, 0) is 43.6 Å². The van der Waals surface area contributed by atoms with Crippen molar-refractivity contribution in [2.45, 2.75) is 24.8 Å². The molecule has 0 aliphatic carbocycles. The van der Waals surface area contributed by atoms with Crippen LogP contribution in [0.15, 0.2) is 23.1 Å². The van der Waals surface area contributed by atoms with Crippen LogP contribution in [-0.2, 0) is 10.0 Å². The molecule has 0 aromatic heterocycles. The number of sulfonamides is 1. The van der Waals surface area contributed by atoms with E-state index < -0.39 is 26.0 Å². The van der Waals surface area contributed by atoms with Gasteiger partial charge in [0.25, 0.3) is 5.24 Å². The number of benzene rings is 1. The van der Waals surface area contributed by atoms with Gasteiger partial charge in [0.1, 0.15) is 10.7 Å². The van der Waals surface area contributed by atoms with E-state index in [1.54, 1.807) is 13.8 Å². The van der Waals surface area contributed by atoms with Gasteiger partial charge in [-0.15, -0.1) is 0 Å². The Morgan fingerprint density at radius 3 is 2.47 bits per heavy atom. The van der Waals surface area contributed by atoms with Crippen LogP contribution in [0.5, 0.6) is 0 Å². The third-order valence-electron chi connectivity index (χ3n) is 1.84. The lowest BCUT2D eigenvalue weighted by Crippen LogP contribution is -2.31. The van der Waals surface area contributed by atoms with Crippen LogP contribution in [0.1, 0.15) is 24.2 Å². The third kappa shape index (κ3) is 3.49. The second kappa shape index (κ2) is 5.12. The maximum atomic E-state index is 13.4. The summed E-state index contributed by atoms with van der Waals surface area (Å²) in [7, 11) is -3.98. The summed E-state index contributed by atoms with van der Waals surface area (Å²) in [6.07, 6.45) is 0. The molecule has 1 rings (SSSR count). The predicted octanol–water partition coefficient (Wildman–Crippen LogP) is 1.89. The molecular weight excluding hydrogens is 269 g/mol. The van der Waals surface area contributed by atoms with Crippen LogP contribution in [0.25, 0.3) is 0 Å². The van der Waals surface area contributed by atoms with E-state index in [9.17, 15) is 17.6 Å². The molecular formula is C10H11ClFNO3S. The highest BCUT2D eigenvalue weighted by Crippen LogP contribution is 2.17. The molecule has 0 aliphatic heterocycles. The highest BCUT2D eigenvalue weighted by Gasteiger charge is 2.21. The molecule has 0 radical (unpaired) electrons. The number of halogens is 2. The van der Waals surface area contributed by atoms with Gasteiger partial charge >= 0.3 is 0 Å². The monoisotopic (exact) mass is 279 g/mol. The summed E-state index contributed by atoms with van der Waals surface area (Å²) in [6.45, 7) is 3.21. The molecule has 0 heterocycles. The Bertz CT molecular complexity index is 542. The molecule has 0 atom stereocenters. The van der Waals surface area contributed by atoms with Gasteiger partial charge in [0.15, 0.2) is 0 Å². The van der Waals surface area contributed by atoms with Gasteiger partial charge in [0.2, 0.25) is 10.0 Å². The second-order valence-electron chi connectivity index (χ2n) is 3.69. The van der Waals surface area contributed by atoms with Crippen LogP contribution in [0.2, 0.25) is 0 Å². The Kier molecular flexibility index (Phi) is 4.24. The number of hydrogen-bond donors (Lipinski definition) is 1. The minimum absolute atomic E-state index is 0.0720. The summed E-state index contributed by atoms with van der Waals surface area (Å²) in [5.74, 6) is -0.931. The van der Waals surface area contributed by atoms with Crippen LogP contribution in [0.3, 0.4) is 0 Å². The summed E-state index contributed by atoms with van der Waals surface area (Å²) >= 11 is 5.21. The molecule has 7 heteroatoms. The van der Waals surface area contributed by atoms with Gasteiger partial charge in [0, 0.05) is 11.6 Å². The molecule has 0 bridgehead atoms. The van der Waals surface area contributed by atoms with Crippen LogP contribution >= 0.6 is 11.6 Å². The highest BCUT2D eigenvalue weighted by molar-refractivity contribution is 7.89. The molecule has 0 spiro atoms. The van der Waals surface area contributed by atoms with Gasteiger partial charge in [0.05, 0.1) is 0 Å². The van der Waals surface area contributed by atoms with Gasteiger partial charge < -0.3 is 0 Å². The Morgan fingerprint density at radius 1 is 1.41 bits per heavy atom. The fourth-order valence-corrected chi connectivity index (χ4v) is 2.68. The molecule has 0 saturated heterocycles. The molecule has 0 saturated carbocycles. The molecule has 17 heavy (non-hydrogen) atoms. The van der Waals surface area contributed by atoms with Gasteiger partial charge in [-0.2, -0.15) is 0 Å². The van der Waals surface area contributed by atoms with Gasteiger partial charge in [-0.25, -0.2) is 17.5 Å². The summed E-state index contributed by atoms with van der Waals surface area (Å²) in [5, 5.41) is -0.842. The zero-order valence-electron chi connectivity index (χ0n) is 9.20. The normalized spacial score (nSPS) is 11.8. The predicted molar refractivity (Wildman–Crippen MR) is 62.0 cm³/mol. The van der Waals surface area contributed by atoms with Crippen LogP contribution in [-0.4, -0.2) is 19.7 Å². The molecule has 1 aromatic carbocycles. The maximum Gasteiger partial charge on any atom is 0.252 e. The Morgan fingerprint density at radius 2 is 2.00 bits per heavy atom. The fourth-order valence-electron chi connectivity index (χ4n) is 1.21. The second-order valence-corrected chi connectivity index (χ2v) is 5.72. The Labute approximate surface area is 104 Å². The summed E-state index contributed by atoms with van der Waals surface area (Å²) in [4.78, 5) is 10.3. The number of hydrogen-bond acceptors (Lipinski definition) is 3. The first-order valence-electron chi connectivity index (χ1n) is 4.76. The van der Waals surface area contributed by atoms with E-state index in [1.807, 2.05) is 0 Å². The molecule has 94 valence electrons. The minimum Gasteiger partial charge on any atom is -0.276 e. The van der Waals surface area contributed by atoms with E-state index in [1.165, 1.54) is 0 Å². The van der Waals surface area contributed by atoms with Gasteiger partial charge in [-0.1, -0.05) is 0 Å². The van der Waals surface area contributed by atoms with Crippen molar-refractivity contribution in [3.63, 3.8) is 0 Å². The van der Waals surface area contributed by atoms with E-state index in [0.717, 1.165) is 18.2 Å². The van der Waals surface area contributed by atoms with E-state index in [0.29, 0.717) is 0 Å². The van der Waals surface area contributed by atoms with Crippen LogP contribution in [0.4, 0.5) is 4.39 Å². The highest BCUT2D eigenvalue weighted by atomic mass is 35.5. The van der Waals surface area contributed by atoms with E-state index in [-0.39, 0.29) is 11.6 Å². The third-order valence-corrected chi connectivity index (χ3v) is 3.73. The zero-order valence-corrected chi connectivity index (χ0v) is 10.8. The lowest BCUT2D eigenvalue weighted by Gasteiger charge is -2.10. The first-order valence-corrected chi connectivity index (χ1v) is 6.62. The summed E-state index contributed by atoms with van der Waals surface area (Å²) in [6, 6.07) is 2.55. The molecule has 1 aromatic rings. The van der Waals surface area contributed by atoms with Crippen molar-refractivity contribution >= 4 is 26.9 Å². The number of carbonyl (C=O) groups is 1. The van der Waals surface area contributed by atoms with E-state index >= 15 is 0 Å². The van der Waals surface area contributed by atoms with E-state index in [4.69, 9.17) is 11.6 Å². The smallest absolute Gasteiger partial charge is 0.252 e. The minimum atomic E-state index is -3.98. The SMILES string of the molecule is CC(C)NS(=O)(=O)c1cc(C(=O)Cl)ccc1F. The maximum absolute atomic E-state index is 13.4. The first kappa shape index (κ1) is 14.1. The lowest BCUT2D eigenvalue weighted by molar-refractivity contribution is 0.108. The van der Waals surface area contributed by atoms with Crippen LogP contribution < -0.4 is 4.72 Å².